The number of hydrogen-bond acceptors (Lipinski definition) is 15. The number of ether oxygens (including phenoxy) is 4. The van der Waals surface area contributed by atoms with Crippen molar-refractivity contribution in [3.05, 3.63) is 0 Å². The Balaban J connectivity index is 5.23. The summed E-state index contributed by atoms with van der Waals surface area (Å²) in [6.07, 6.45) is 63.9. The van der Waals surface area contributed by atoms with Crippen LogP contribution in [0.25, 0.3) is 0 Å². The van der Waals surface area contributed by atoms with Gasteiger partial charge in [0.05, 0.1) is 26.4 Å². The Morgan fingerprint density at radius 2 is 0.465 bits per heavy atom. The molecule has 99 heavy (non-hydrogen) atoms. The Kier molecular flexibility index (Phi) is 71.6. The lowest BCUT2D eigenvalue weighted by Crippen LogP contribution is -2.30. The summed E-state index contributed by atoms with van der Waals surface area (Å²) in [6.45, 7) is 7.27. The predicted molar refractivity (Wildman–Crippen MR) is 405 cm³/mol. The van der Waals surface area contributed by atoms with E-state index in [1.54, 1.807) is 0 Å². The Labute approximate surface area is 607 Å². The van der Waals surface area contributed by atoms with Crippen molar-refractivity contribution in [2.24, 2.45) is 5.92 Å². The SMILES string of the molecule is CCCCCCCCCCCCCCCCCCCCCC(=O)O[C@H](COC(=O)CCCCCCCCCCCCCCCCCCC)COP(=O)(O)OC[C@@H](O)COP(=O)(O)OC[C@@H](COC(=O)CCCCCCCCCC(C)C)OC(=O)CCCCCCCCCCCCCCC. The minimum Gasteiger partial charge on any atom is -0.462 e. The Hall–Kier alpha value is -1.94. The van der Waals surface area contributed by atoms with Gasteiger partial charge in [0.2, 0.25) is 0 Å². The molecule has 0 aromatic rings. The lowest BCUT2D eigenvalue weighted by molar-refractivity contribution is -0.161. The van der Waals surface area contributed by atoms with Crippen LogP contribution in [0.15, 0.2) is 0 Å². The molecule has 0 aliphatic heterocycles. The van der Waals surface area contributed by atoms with Gasteiger partial charge in [-0.1, -0.05) is 375 Å². The fourth-order valence-electron chi connectivity index (χ4n) is 12.4. The average molecular weight is 1450 g/mol. The number of aliphatic hydroxyl groups is 1. The van der Waals surface area contributed by atoms with Crippen LogP contribution in [0.1, 0.15) is 426 Å². The lowest BCUT2D eigenvalue weighted by Gasteiger charge is -2.21. The predicted octanol–water partition coefficient (Wildman–Crippen LogP) is 24.0. The van der Waals surface area contributed by atoms with Crippen molar-refractivity contribution in [3.8, 4) is 0 Å². The summed E-state index contributed by atoms with van der Waals surface area (Å²) in [5.41, 5.74) is 0. The van der Waals surface area contributed by atoms with Gasteiger partial charge in [-0.05, 0) is 31.6 Å². The number of hydrogen-bond donors (Lipinski definition) is 3. The molecule has 0 aromatic carbocycles. The third-order valence-corrected chi connectivity index (χ3v) is 20.7. The van der Waals surface area contributed by atoms with Crippen LogP contribution < -0.4 is 0 Å². The maximum absolute atomic E-state index is 13.1. The molecular weight excluding hydrogens is 1290 g/mol. The van der Waals surface area contributed by atoms with Crippen molar-refractivity contribution in [2.75, 3.05) is 39.6 Å². The summed E-state index contributed by atoms with van der Waals surface area (Å²) >= 11 is 0. The molecule has 0 saturated carbocycles. The molecule has 0 fully saturated rings. The number of phosphoric ester groups is 2. The van der Waals surface area contributed by atoms with Crippen molar-refractivity contribution in [3.63, 3.8) is 0 Å². The van der Waals surface area contributed by atoms with E-state index >= 15 is 0 Å². The molecule has 3 N–H and O–H groups in total. The summed E-state index contributed by atoms with van der Waals surface area (Å²) < 4.78 is 68.7. The van der Waals surface area contributed by atoms with Crippen molar-refractivity contribution in [2.45, 2.75) is 445 Å². The van der Waals surface area contributed by atoms with Crippen LogP contribution in [0.2, 0.25) is 0 Å². The molecule has 2 unspecified atom stereocenters. The monoisotopic (exact) mass is 1450 g/mol. The fraction of sp³-hybridized carbons (Fsp3) is 0.950. The van der Waals surface area contributed by atoms with E-state index in [2.05, 4.69) is 34.6 Å². The van der Waals surface area contributed by atoms with Crippen molar-refractivity contribution in [1.29, 1.82) is 0 Å². The van der Waals surface area contributed by atoms with Gasteiger partial charge in [0.15, 0.2) is 12.2 Å². The van der Waals surface area contributed by atoms with Crippen LogP contribution in [0.3, 0.4) is 0 Å². The maximum atomic E-state index is 13.1. The van der Waals surface area contributed by atoms with E-state index in [1.165, 1.54) is 244 Å². The molecule has 0 amide bonds. The zero-order chi connectivity index (χ0) is 72.7. The number of carbonyl (C=O) groups excluding carboxylic acids is 4. The molecule has 0 rings (SSSR count). The molecule has 0 aliphatic carbocycles. The minimum atomic E-state index is -4.96. The van der Waals surface area contributed by atoms with Crippen LogP contribution in [0.4, 0.5) is 0 Å². The van der Waals surface area contributed by atoms with Crippen molar-refractivity contribution in [1.82, 2.24) is 0 Å². The number of aliphatic hydroxyl groups excluding tert-OH is 1. The Morgan fingerprint density at radius 3 is 0.687 bits per heavy atom. The highest BCUT2D eigenvalue weighted by Gasteiger charge is 2.30. The topological polar surface area (TPSA) is 237 Å². The highest BCUT2D eigenvalue weighted by atomic mass is 31.2. The number of phosphoric acid groups is 2. The summed E-state index contributed by atoms with van der Waals surface area (Å²) in [5, 5.41) is 10.6. The van der Waals surface area contributed by atoms with E-state index in [4.69, 9.17) is 37.0 Å². The first kappa shape index (κ1) is 97.1. The first-order valence-corrected chi connectivity index (χ1v) is 44.6. The molecule has 0 heterocycles. The molecule has 0 bridgehead atoms. The zero-order valence-corrected chi connectivity index (χ0v) is 66.4. The van der Waals surface area contributed by atoms with Gasteiger partial charge in [0, 0.05) is 25.7 Å². The summed E-state index contributed by atoms with van der Waals surface area (Å²) in [5.74, 6) is -1.40. The van der Waals surface area contributed by atoms with Gasteiger partial charge in [-0.3, -0.25) is 37.3 Å². The third-order valence-electron chi connectivity index (χ3n) is 18.8. The number of unbranched alkanes of at least 4 members (excludes halogenated alkanes) is 52. The highest BCUT2D eigenvalue weighted by molar-refractivity contribution is 7.47. The summed E-state index contributed by atoms with van der Waals surface area (Å²) in [4.78, 5) is 73.0. The summed E-state index contributed by atoms with van der Waals surface area (Å²) in [7, 11) is -9.92. The molecule has 0 aliphatic rings. The Morgan fingerprint density at radius 1 is 0.273 bits per heavy atom. The van der Waals surface area contributed by atoms with E-state index in [0.717, 1.165) is 96.3 Å². The number of rotatable bonds is 80. The van der Waals surface area contributed by atoms with E-state index in [0.29, 0.717) is 31.6 Å². The molecule has 0 saturated heterocycles. The van der Waals surface area contributed by atoms with Gasteiger partial charge in [-0.25, -0.2) is 9.13 Å². The number of carbonyl (C=O) groups is 4. The van der Waals surface area contributed by atoms with E-state index in [-0.39, 0.29) is 25.7 Å². The van der Waals surface area contributed by atoms with E-state index in [9.17, 15) is 43.2 Å². The first-order valence-electron chi connectivity index (χ1n) is 41.6. The Bertz CT molecular complexity index is 1890. The van der Waals surface area contributed by atoms with Crippen LogP contribution in [0, 0.1) is 5.92 Å². The van der Waals surface area contributed by atoms with E-state index < -0.39 is 97.5 Å². The van der Waals surface area contributed by atoms with E-state index in [1.807, 2.05) is 0 Å². The fourth-order valence-corrected chi connectivity index (χ4v) is 14.0. The average Bonchev–Trinajstić information content (AvgIpc) is 1.09. The van der Waals surface area contributed by atoms with Crippen molar-refractivity contribution < 1.29 is 80.2 Å². The van der Waals surface area contributed by atoms with Crippen molar-refractivity contribution >= 4 is 39.5 Å². The van der Waals surface area contributed by atoms with Gasteiger partial charge in [0.1, 0.15) is 19.3 Å². The molecule has 19 heteroatoms. The zero-order valence-electron chi connectivity index (χ0n) is 64.6. The maximum Gasteiger partial charge on any atom is 0.472 e. The van der Waals surface area contributed by atoms with Gasteiger partial charge in [-0.2, -0.15) is 0 Å². The largest absolute Gasteiger partial charge is 0.472 e. The second-order valence-corrected chi connectivity index (χ2v) is 32.2. The molecule has 588 valence electrons. The molecule has 0 radical (unpaired) electrons. The molecule has 0 spiro atoms. The lowest BCUT2D eigenvalue weighted by atomic mass is 10.0. The molecule has 5 atom stereocenters. The van der Waals surface area contributed by atoms with Crippen LogP contribution in [0.5, 0.6) is 0 Å². The van der Waals surface area contributed by atoms with Gasteiger partial charge in [0.25, 0.3) is 0 Å². The molecule has 17 nitrogen and oxygen atoms in total. The molecular formula is C80H156O17P2. The quantitative estimate of drug-likeness (QED) is 0.0222. The summed E-state index contributed by atoms with van der Waals surface area (Å²) in [6, 6.07) is 0. The highest BCUT2D eigenvalue weighted by Crippen LogP contribution is 2.45. The molecule has 0 aromatic heterocycles. The standard InChI is InChI=1S/C80H156O17P2/c1-6-9-12-15-18-21-24-27-29-31-32-34-36-39-42-45-50-56-61-66-80(85)96-75(69-90-77(82)63-58-53-48-43-40-38-35-33-30-28-25-22-19-16-13-10-7-2)71-94-98(86,87)92-67-74(81)68-93-99(88,89)95-72-76(70-91-78(83)64-59-54-51-46-47-52-57-62-73(4)5)97-79(84)65-60-55-49-44-41-37-26-23-20-17-14-11-8-3/h73-76,81H,6-72H2,1-5H3,(H,86,87)(H,88,89)/t74-,75-,76-/m1/s1. The van der Waals surface area contributed by atoms with Gasteiger partial charge in [-0.15, -0.1) is 0 Å². The first-order chi connectivity index (χ1) is 48.0. The van der Waals surface area contributed by atoms with Crippen LogP contribution >= 0.6 is 15.6 Å². The number of esters is 4. The third kappa shape index (κ3) is 74.1. The second kappa shape index (κ2) is 73.0. The normalized spacial score (nSPS) is 13.9. The van der Waals surface area contributed by atoms with Crippen LogP contribution in [-0.2, 0) is 65.4 Å². The second-order valence-electron chi connectivity index (χ2n) is 29.3. The van der Waals surface area contributed by atoms with Crippen LogP contribution in [-0.4, -0.2) is 96.7 Å². The minimum absolute atomic E-state index is 0.107. The smallest absolute Gasteiger partial charge is 0.462 e. The van der Waals surface area contributed by atoms with Gasteiger partial charge >= 0.3 is 39.5 Å². The van der Waals surface area contributed by atoms with Gasteiger partial charge < -0.3 is 33.8 Å².